The first-order valence-electron chi connectivity index (χ1n) is 4.73. The third kappa shape index (κ3) is 4.79. The van der Waals surface area contributed by atoms with Crippen LogP contribution in [-0.4, -0.2) is 0 Å². The average Bonchev–Trinajstić information content (AvgIpc) is 2.25. The Labute approximate surface area is 90.4 Å². The standard InChI is InChI=1S/C13H14S/c1-2-3-4-5-9-12-14-13-10-7-6-8-11-13/h1,6-12H,3-5H2/b12-9+. The Morgan fingerprint density at radius 2 is 2.07 bits per heavy atom. The lowest BCUT2D eigenvalue weighted by atomic mass is 10.2. The van der Waals surface area contributed by atoms with Crippen LogP contribution in [0.4, 0.5) is 0 Å². The zero-order valence-corrected chi connectivity index (χ0v) is 8.96. The molecule has 0 atom stereocenters. The van der Waals surface area contributed by atoms with E-state index in [-0.39, 0.29) is 0 Å². The maximum atomic E-state index is 5.16. The molecule has 14 heavy (non-hydrogen) atoms. The van der Waals surface area contributed by atoms with E-state index in [1.807, 2.05) is 6.07 Å². The molecule has 0 aliphatic carbocycles. The van der Waals surface area contributed by atoms with Gasteiger partial charge in [-0.25, -0.2) is 0 Å². The lowest BCUT2D eigenvalue weighted by Crippen LogP contribution is -1.68. The van der Waals surface area contributed by atoms with E-state index < -0.39 is 0 Å². The topological polar surface area (TPSA) is 0 Å². The lowest BCUT2D eigenvalue weighted by Gasteiger charge is -1.93. The predicted molar refractivity (Wildman–Crippen MR) is 64.1 cm³/mol. The van der Waals surface area contributed by atoms with E-state index in [0.717, 1.165) is 19.3 Å². The average molecular weight is 202 g/mol. The molecule has 0 saturated heterocycles. The summed E-state index contributed by atoms with van der Waals surface area (Å²) in [4.78, 5) is 1.28. The van der Waals surface area contributed by atoms with Gasteiger partial charge in [0.05, 0.1) is 0 Å². The van der Waals surface area contributed by atoms with Gasteiger partial charge in [0.2, 0.25) is 0 Å². The minimum absolute atomic E-state index is 0.875. The van der Waals surface area contributed by atoms with E-state index in [2.05, 4.69) is 41.7 Å². The number of unbranched alkanes of at least 4 members (excludes halogenated alkanes) is 2. The number of thioether (sulfide) groups is 1. The van der Waals surface area contributed by atoms with Crippen molar-refractivity contribution in [2.24, 2.45) is 0 Å². The smallest absolute Gasteiger partial charge is 0.0116 e. The van der Waals surface area contributed by atoms with Gasteiger partial charge in [-0.15, -0.1) is 12.3 Å². The van der Waals surface area contributed by atoms with Crippen LogP contribution in [0.1, 0.15) is 19.3 Å². The van der Waals surface area contributed by atoms with Gasteiger partial charge < -0.3 is 0 Å². The fraction of sp³-hybridized carbons (Fsp3) is 0.231. The van der Waals surface area contributed by atoms with Crippen LogP contribution in [0.2, 0.25) is 0 Å². The molecule has 0 heterocycles. The summed E-state index contributed by atoms with van der Waals surface area (Å²) in [5, 5.41) is 2.13. The Kier molecular flexibility index (Phi) is 5.70. The normalized spacial score (nSPS) is 10.2. The zero-order chi connectivity index (χ0) is 10.1. The maximum absolute atomic E-state index is 5.16. The van der Waals surface area contributed by atoms with Gasteiger partial charge in [0, 0.05) is 11.3 Å². The highest BCUT2D eigenvalue weighted by Gasteiger charge is 1.86. The molecule has 0 amide bonds. The van der Waals surface area contributed by atoms with E-state index in [0.29, 0.717) is 0 Å². The van der Waals surface area contributed by atoms with E-state index in [4.69, 9.17) is 6.42 Å². The molecule has 0 nitrogen and oxygen atoms in total. The first-order chi connectivity index (χ1) is 6.93. The fourth-order valence-electron chi connectivity index (χ4n) is 1.02. The molecular formula is C13H14S. The fourth-order valence-corrected chi connectivity index (χ4v) is 1.72. The van der Waals surface area contributed by atoms with E-state index in [1.165, 1.54) is 4.90 Å². The van der Waals surface area contributed by atoms with Crippen molar-refractivity contribution in [1.82, 2.24) is 0 Å². The summed E-state index contributed by atoms with van der Waals surface area (Å²) in [5.41, 5.74) is 0. The molecule has 72 valence electrons. The Morgan fingerprint density at radius 3 is 2.79 bits per heavy atom. The molecule has 0 bridgehead atoms. The Bertz CT molecular complexity index is 306. The van der Waals surface area contributed by atoms with Crippen molar-refractivity contribution in [1.29, 1.82) is 0 Å². The number of terminal acetylenes is 1. The van der Waals surface area contributed by atoms with Crippen LogP contribution in [0.5, 0.6) is 0 Å². The van der Waals surface area contributed by atoms with Crippen LogP contribution in [0.15, 0.2) is 46.7 Å². The minimum atomic E-state index is 0.875. The van der Waals surface area contributed by atoms with Gasteiger partial charge in [0.25, 0.3) is 0 Å². The summed E-state index contributed by atoms with van der Waals surface area (Å²) in [5.74, 6) is 2.64. The largest absolute Gasteiger partial charge is 0.120 e. The van der Waals surface area contributed by atoms with Crippen molar-refractivity contribution in [3.05, 3.63) is 41.8 Å². The molecule has 1 aromatic carbocycles. The highest BCUT2D eigenvalue weighted by molar-refractivity contribution is 8.02. The summed E-state index contributed by atoms with van der Waals surface area (Å²) in [6.07, 6.45) is 10.4. The molecule has 0 radical (unpaired) electrons. The Hall–Kier alpha value is -1.13. The van der Waals surface area contributed by atoms with E-state index >= 15 is 0 Å². The zero-order valence-electron chi connectivity index (χ0n) is 8.15. The second kappa shape index (κ2) is 7.29. The third-order valence-corrected chi connectivity index (χ3v) is 2.61. The third-order valence-electron chi connectivity index (χ3n) is 1.74. The van der Waals surface area contributed by atoms with Crippen molar-refractivity contribution in [3.8, 4) is 12.3 Å². The highest BCUT2D eigenvalue weighted by Crippen LogP contribution is 2.18. The first-order valence-corrected chi connectivity index (χ1v) is 5.61. The number of allylic oxidation sites excluding steroid dienone is 1. The maximum Gasteiger partial charge on any atom is 0.0116 e. The van der Waals surface area contributed by atoms with Crippen LogP contribution in [0.25, 0.3) is 0 Å². The Balaban J connectivity index is 2.18. The minimum Gasteiger partial charge on any atom is -0.120 e. The second-order valence-electron chi connectivity index (χ2n) is 2.90. The van der Waals surface area contributed by atoms with Crippen molar-refractivity contribution in [3.63, 3.8) is 0 Å². The quantitative estimate of drug-likeness (QED) is 0.393. The first kappa shape index (κ1) is 10.9. The summed E-state index contributed by atoms with van der Waals surface area (Å²) in [7, 11) is 0. The summed E-state index contributed by atoms with van der Waals surface area (Å²) in [6.45, 7) is 0. The van der Waals surface area contributed by atoms with E-state index in [9.17, 15) is 0 Å². The number of hydrogen-bond acceptors (Lipinski definition) is 1. The molecule has 1 aromatic rings. The molecule has 0 unspecified atom stereocenters. The van der Waals surface area contributed by atoms with Gasteiger partial charge >= 0.3 is 0 Å². The molecule has 0 aromatic heterocycles. The number of benzene rings is 1. The van der Waals surface area contributed by atoms with Crippen molar-refractivity contribution in [2.45, 2.75) is 24.2 Å². The van der Waals surface area contributed by atoms with Gasteiger partial charge in [-0.1, -0.05) is 36.0 Å². The van der Waals surface area contributed by atoms with Crippen LogP contribution in [-0.2, 0) is 0 Å². The molecule has 1 heteroatoms. The second-order valence-corrected chi connectivity index (χ2v) is 3.88. The summed E-state index contributed by atoms with van der Waals surface area (Å²) >= 11 is 1.75. The van der Waals surface area contributed by atoms with Crippen LogP contribution >= 0.6 is 11.8 Å². The molecule has 0 aliphatic rings. The summed E-state index contributed by atoms with van der Waals surface area (Å²) < 4.78 is 0. The van der Waals surface area contributed by atoms with Gasteiger partial charge in [0.1, 0.15) is 0 Å². The van der Waals surface area contributed by atoms with E-state index in [1.54, 1.807) is 11.8 Å². The van der Waals surface area contributed by atoms with Crippen molar-refractivity contribution >= 4 is 11.8 Å². The van der Waals surface area contributed by atoms with Crippen LogP contribution in [0, 0.1) is 12.3 Å². The Morgan fingerprint density at radius 1 is 1.29 bits per heavy atom. The molecular weight excluding hydrogens is 188 g/mol. The predicted octanol–water partition coefficient (Wildman–Crippen LogP) is 4.10. The SMILES string of the molecule is C#CCCC/C=C/Sc1ccccc1. The molecule has 0 N–H and O–H groups in total. The van der Waals surface area contributed by atoms with Crippen molar-refractivity contribution in [2.75, 3.05) is 0 Å². The molecule has 1 rings (SSSR count). The monoisotopic (exact) mass is 202 g/mol. The summed E-state index contributed by atoms with van der Waals surface area (Å²) in [6, 6.07) is 10.3. The van der Waals surface area contributed by atoms with Gasteiger partial charge in [0.15, 0.2) is 0 Å². The van der Waals surface area contributed by atoms with Crippen LogP contribution < -0.4 is 0 Å². The van der Waals surface area contributed by atoms with Gasteiger partial charge in [-0.05, 0) is 30.4 Å². The van der Waals surface area contributed by atoms with Gasteiger partial charge in [-0.3, -0.25) is 0 Å². The van der Waals surface area contributed by atoms with Crippen molar-refractivity contribution < 1.29 is 0 Å². The van der Waals surface area contributed by atoms with Crippen LogP contribution in [0.3, 0.4) is 0 Å². The molecule has 0 aliphatic heterocycles. The molecule has 0 fully saturated rings. The highest BCUT2D eigenvalue weighted by atomic mass is 32.2. The lowest BCUT2D eigenvalue weighted by molar-refractivity contribution is 0.887. The molecule has 0 saturated carbocycles. The molecule has 0 spiro atoms. The number of hydrogen-bond donors (Lipinski definition) is 0. The number of rotatable bonds is 5. The van der Waals surface area contributed by atoms with Gasteiger partial charge in [-0.2, -0.15) is 0 Å².